The minimum atomic E-state index is -4.48. The average molecular weight is 551 g/mol. The van der Waals surface area contributed by atoms with Crippen LogP contribution in [0.4, 0.5) is 31.1 Å². The Balaban J connectivity index is 1.45. The van der Waals surface area contributed by atoms with Crippen LogP contribution >= 0.6 is 23.1 Å². The molecule has 2 N–H and O–H groups in total. The largest absolute Gasteiger partial charge is 0.447 e. The van der Waals surface area contributed by atoms with Crippen molar-refractivity contribution in [3.05, 3.63) is 64.3 Å². The molecule has 36 heavy (non-hydrogen) atoms. The number of carbonyl (C=O) groups is 2. The van der Waals surface area contributed by atoms with E-state index in [0.29, 0.717) is 27.5 Å². The van der Waals surface area contributed by atoms with E-state index in [-0.39, 0.29) is 17.2 Å². The molecule has 0 saturated heterocycles. The van der Waals surface area contributed by atoms with E-state index in [1.165, 1.54) is 25.1 Å². The fraction of sp³-hybridized carbons (Fsp3) is 0.238. The third-order valence-electron chi connectivity index (χ3n) is 4.37. The van der Waals surface area contributed by atoms with Gasteiger partial charge in [-0.05, 0) is 31.2 Å². The maximum Gasteiger partial charge on any atom is 0.426 e. The zero-order valence-corrected chi connectivity index (χ0v) is 19.8. The van der Waals surface area contributed by atoms with Crippen molar-refractivity contribution in [2.45, 2.75) is 24.3 Å². The van der Waals surface area contributed by atoms with Crippen LogP contribution in [-0.4, -0.2) is 34.3 Å². The number of carbonyl (C=O) groups excluding carboxylic acids is 2. The molecule has 0 fully saturated rings. The van der Waals surface area contributed by atoms with Crippen molar-refractivity contribution in [1.82, 2.24) is 20.8 Å². The minimum Gasteiger partial charge on any atom is -0.447 e. The van der Waals surface area contributed by atoms with E-state index in [1.807, 2.05) is 5.43 Å². The van der Waals surface area contributed by atoms with Crippen molar-refractivity contribution in [3.8, 4) is 10.6 Å². The standard InChI is InChI=1S/C21H16F6N4O3S2/c1-11-16(36-18(29-11)12-2-4-13(5-3-12)20(22,23)24)17(32)30-31-19(33)34-8-9-35-15-7-6-14(10-28-15)21(25,26)27/h2-7,10H,8-9H2,1H3,(H,30,32)(H,31,33). The lowest BCUT2D eigenvalue weighted by atomic mass is 10.1. The lowest BCUT2D eigenvalue weighted by molar-refractivity contribution is -0.138. The summed E-state index contributed by atoms with van der Waals surface area (Å²) in [5, 5.41) is 0.632. The maximum absolute atomic E-state index is 12.7. The number of benzene rings is 1. The van der Waals surface area contributed by atoms with Crippen LogP contribution in [0.25, 0.3) is 10.6 Å². The highest BCUT2D eigenvalue weighted by Crippen LogP contribution is 2.33. The quantitative estimate of drug-likeness (QED) is 0.177. The number of hydrogen-bond donors (Lipinski definition) is 2. The highest BCUT2D eigenvalue weighted by molar-refractivity contribution is 7.99. The number of aryl methyl sites for hydroxylation is 1. The van der Waals surface area contributed by atoms with Crippen molar-refractivity contribution >= 4 is 35.1 Å². The van der Waals surface area contributed by atoms with Crippen LogP contribution in [0.5, 0.6) is 0 Å². The minimum absolute atomic E-state index is 0.118. The molecule has 0 radical (unpaired) electrons. The molecule has 0 saturated carbocycles. The molecule has 0 unspecified atom stereocenters. The van der Waals surface area contributed by atoms with Gasteiger partial charge in [-0.3, -0.25) is 10.2 Å². The first kappa shape index (κ1) is 27.3. The molecule has 0 aliphatic rings. The van der Waals surface area contributed by atoms with Gasteiger partial charge in [0.05, 0.1) is 21.8 Å². The molecule has 0 aliphatic carbocycles. The monoisotopic (exact) mass is 550 g/mol. The molecule has 192 valence electrons. The van der Waals surface area contributed by atoms with Crippen LogP contribution < -0.4 is 10.9 Å². The number of rotatable bonds is 6. The number of pyridine rings is 1. The predicted molar refractivity (Wildman–Crippen MR) is 119 cm³/mol. The van der Waals surface area contributed by atoms with Crippen LogP contribution in [0.1, 0.15) is 26.5 Å². The zero-order valence-electron chi connectivity index (χ0n) is 18.2. The van der Waals surface area contributed by atoms with E-state index in [0.717, 1.165) is 41.3 Å². The summed E-state index contributed by atoms with van der Waals surface area (Å²) >= 11 is 2.00. The number of thiazole rings is 1. The summed E-state index contributed by atoms with van der Waals surface area (Å²) in [5.74, 6) is -0.507. The molecule has 0 aliphatic heterocycles. The molecule has 2 amide bonds. The molecule has 7 nitrogen and oxygen atoms in total. The summed E-state index contributed by atoms with van der Waals surface area (Å²) in [7, 11) is 0. The summed E-state index contributed by atoms with van der Waals surface area (Å²) in [6.07, 6.45) is -9.23. The second kappa shape index (κ2) is 11.2. The van der Waals surface area contributed by atoms with Crippen molar-refractivity contribution in [2.75, 3.05) is 12.4 Å². The van der Waals surface area contributed by atoms with Gasteiger partial charge in [0.15, 0.2) is 0 Å². The van der Waals surface area contributed by atoms with Gasteiger partial charge in [-0.15, -0.1) is 23.1 Å². The van der Waals surface area contributed by atoms with Gasteiger partial charge < -0.3 is 4.74 Å². The van der Waals surface area contributed by atoms with Crippen LogP contribution in [-0.2, 0) is 17.1 Å². The first-order valence-corrected chi connectivity index (χ1v) is 11.7. The Morgan fingerprint density at radius 3 is 2.19 bits per heavy atom. The van der Waals surface area contributed by atoms with Gasteiger partial charge in [0.25, 0.3) is 5.91 Å². The number of nitrogens with one attached hydrogen (secondary N) is 2. The molecule has 2 aromatic heterocycles. The normalized spacial score (nSPS) is 11.8. The number of amides is 2. The Morgan fingerprint density at radius 1 is 0.972 bits per heavy atom. The molecule has 2 heterocycles. The number of alkyl halides is 6. The van der Waals surface area contributed by atoms with Crippen LogP contribution in [0, 0.1) is 6.92 Å². The van der Waals surface area contributed by atoms with Gasteiger partial charge in [0.2, 0.25) is 0 Å². The molecule has 0 bridgehead atoms. The zero-order chi connectivity index (χ0) is 26.5. The van der Waals surface area contributed by atoms with Gasteiger partial charge in [-0.25, -0.2) is 20.2 Å². The van der Waals surface area contributed by atoms with Crippen molar-refractivity contribution in [1.29, 1.82) is 0 Å². The van der Waals surface area contributed by atoms with Gasteiger partial charge in [-0.2, -0.15) is 26.3 Å². The number of nitrogens with zero attached hydrogens (tertiary/aromatic N) is 2. The van der Waals surface area contributed by atoms with E-state index in [9.17, 15) is 35.9 Å². The average Bonchev–Trinajstić information content (AvgIpc) is 3.21. The molecular weight excluding hydrogens is 534 g/mol. The second-order valence-electron chi connectivity index (χ2n) is 6.96. The lowest BCUT2D eigenvalue weighted by Crippen LogP contribution is -2.42. The Kier molecular flexibility index (Phi) is 8.45. The summed E-state index contributed by atoms with van der Waals surface area (Å²) in [4.78, 5) is 32.1. The lowest BCUT2D eigenvalue weighted by Gasteiger charge is -2.08. The van der Waals surface area contributed by atoms with Crippen LogP contribution in [0.15, 0.2) is 47.6 Å². The molecule has 3 rings (SSSR count). The number of hydrazine groups is 1. The van der Waals surface area contributed by atoms with E-state index in [2.05, 4.69) is 15.4 Å². The number of aromatic nitrogens is 2. The maximum atomic E-state index is 12.7. The van der Waals surface area contributed by atoms with Crippen LogP contribution in [0.3, 0.4) is 0 Å². The fourth-order valence-electron chi connectivity index (χ4n) is 2.65. The Bertz CT molecular complexity index is 1210. The number of halogens is 6. The van der Waals surface area contributed by atoms with Crippen molar-refractivity contribution in [3.63, 3.8) is 0 Å². The summed E-state index contributed by atoms with van der Waals surface area (Å²) in [5.41, 5.74) is 3.21. The molecule has 1 aromatic carbocycles. The SMILES string of the molecule is Cc1nc(-c2ccc(C(F)(F)F)cc2)sc1C(=O)NNC(=O)OCCSc1ccc(C(F)(F)F)cn1. The number of hydrogen-bond acceptors (Lipinski definition) is 7. The smallest absolute Gasteiger partial charge is 0.426 e. The Morgan fingerprint density at radius 2 is 1.61 bits per heavy atom. The summed E-state index contributed by atoms with van der Waals surface area (Å²) in [6.45, 7) is 1.41. The fourth-order valence-corrected chi connectivity index (χ4v) is 4.28. The third kappa shape index (κ3) is 7.34. The molecule has 0 spiro atoms. The first-order valence-electron chi connectivity index (χ1n) is 9.89. The molecule has 3 aromatic rings. The van der Waals surface area contributed by atoms with Gasteiger partial charge in [0.1, 0.15) is 16.5 Å². The predicted octanol–water partition coefficient (Wildman–Crippen LogP) is 5.71. The second-order valence-corrected chi connectivity index (χ2v) is 9.07. The third-order valence-corrected chi connectivity index (χ3v) is 6.48. The Labute approximate surface area is 208 Å². The van der Waals surface area contributed by atoms with Crippen LogP contribution in [0.2, 0.25) is 0 Å². The summed E-state index contributed by atoms with van der Waals surface area (Å²) < 4.78 is 80.6. The Hall–Kier alpha value is -3.33. The van der Waals surface area contributed by atoms with Gasteiger partial charge in [0, 0.05) is 17.5 Å². The van der Waals surface area contributed by atoms with Crippen molar-refractivity contribution < 1.29 is 40.7 Å². The van der Waals surface area contributed by atoms with E-state index in [1.54, 1.807) is 0 Å². The molecular formula is C21H16F6N4O3S2. The van der Waals surface area contributed by atoms with Gasteiger partial charge >= 0.3 is 18.4 Å². The molecule has 15 heteroatoms. The topological polar surface area (TPSA) is 93.2 Å². The van der Waals surface area contributed by atoms with E-state index >= 15 is 0 Å². The summed E-state index contributed by atoms with van der Waals surface area (Å²) in [6, 6.07) is 6.41. The van der Waals surface area contributed by atoms with E-state index in [4.69, 9.17) is 4.74 Å². The molecule has 0 atom stereocenters. The van der Waals surface area contributed by atoms with Gasteiger partial charge in [-0.1, -0.05) is 12.1 Å². The highest BCUT2D eigenvalue weighted by atomic mass is 32.2. The number of thioether (sulfide) groups is 1. The number of ether oxygens (including phenoxy) is 1. The first-order chi connectivity index (χ1) is 16.8. The van der Waals surface area contributed by atoms with Crippen molar-refractivity contribution in [2.24, 2.45) is 0 Å². The highest BCUT2D eigenvalue weighted by Gasteiger charge is 2.31. The van der Waals surface area contributed by atoms with E-state index < -0.39 is 35.5 Å².